The van der Waals surface area contributed by atoms with Gasteiger partial charge in [0.15, 0.2) is 0 Å². The van der Waals surface area contributed by atoms with Crippen LogP contribution in [0.3, 0.4) is 0 Å². The summed E-state index contributed by atoms with van der Waals surface area (Å²) < 4.78 is 44.7. The maximum Gasteiger partial charge on any atom is 0.416 e. The van der Waals surface area contributed by atoms with Crippen LogP contribution in [-0.4, -0.2) is 25.1 Å². The number of nitrogens with one attached hydrogen (secondary N) is 1. The predicted molar refractivity (Wildman–Crippen MR) is 109 cm³/mol. The monoisotopic (exact) mass is 414 g/mol. The van der Waals surface area contributed by atoms with Gasteiger partial charge in [0.1, 0.15) is 5.70 Å². The lowest BCUT2D eigenvalue weighted by Crippen LogP contribution is -2.44. The molecule has 8 heteroatoms. The Hall–Kier alpha value is -3.13. The smallest absolute Gasteiger partial charge is 0.416 e. The molecule has 3 aliphatic heterocycles. The fourth-order valence-electron chi connectivity index (χ4n) is 4.19. The summed E-state index contributed by atoms with van der Waals surface area (Å²) in [6.45, 7) is 4.07. The molecule has 1 saturated heterocycles. The summed E-state index contributed by atoms with van der Waals surface area (Å²) in [7, 11) is 1.57. The van der Waals surface area contributed by atoms with Gasteiger partial charge in [0, 0.05) is 24.2 Å². The number of hydrogen-bond acceptors (Lipinski definition) is 5. The summed E-state index contributed by atoms with van der Waals surface area (Å²) in [6, 6.07) is 13.1. The normalized spacial score (nSPS) is 18.5. The molecule has 0 spiro atoms. The summed E-state index contributed by atoms with van der Waals surface area (Å²) in [5.41, 5.74) is 8.35. The number of nitrogens with zero attached hydrogens (tertiary/aromatic N) is 3. The first-order valence-electron chi connectivity index (χ1n) is 9.78. The van der Waals surface area contributed by atoms with E-state index in [1.165, 1.54) is 17.8 Å². The molecule has 0 saturated carbocycles. The number of ether oxygens (including phenoxy) is 1. The molecule has 0 bridgehead atoms. The third-order valence-electron chi connectivity index (χ3n) is 5.76. The molecule has 0 amide bonds. The lowest BCUT2D eigenvalue weighted by molar-refractivity contribution is -0.137. The molecule has 2 aromatic rings. The molecule has 0 atom stereocenters. The number of methoxy groups -OCH3 is 1. The molecule has 0 aromatic heterocycles. The molecule has 0 unspecified atom stereocenters. The Kier molecular flexibility index (Phi) is 4.21. The number of rotatable bonds is 3. The highest BCUT2D eigenvalue weighted by molar-refractivity contribution is 5.87. The number of halogens is 3. The van der Waals surface area contributed by atoms with Crippen molar-refractivity contribution in [1.29, 1.82) is 0 Å². The number of anilines is 2. The highest BCUT2D eigenvalue weighted by Gasteiger charge is 2.40. The molecule has 5 rings (SSSR count). The second-order valence-electron chi connectivity index (χ2n) is 7.50. The lowest BCUT2D eigenvalue weighted by Gasteiger charge is -2.41. The van der Waals surface area contributed by atoms with Gasteiger partial charge < -0.3 is 9.64 Å². The van der Waals surface area contributed by atoms with Gasteiger partial charge in [0.2, 0.25) is 5.88 Å². The molecular formula is C22H21F3N4O. The highest BCUT2D eigenvalue weighted by atomic mass is 19.4. The predicted octanol–water partition coefficient (Wildman–Crippen LogP) is 4.72. The van der Waals surface area contributed by atoms with Crippen LogP contribution in [0.15, 0.2) is 65.7 Å². The van der Waals surface area contributed by atoms with Crippen LogP contribution in [0, 0.1) is 0 Å². The van der Waals surface area contributed by atoms with Gasteiger partial charge in [0.25, 0.3) is 0 Å². The molecular weight excluding hydrogens is 393 g/mol. The van der Waals surface area contributed by atoms with Crippen molar-refractivity contribution < 1.29 is 17.9 Å². The number of allylic oxidation sites excluding steroid dienone is 1. The summed E-state index contributed by atoms with van der Waals surface area (Å²) >= 11 is 0. The van der Waals surface area contributed by atoms with E-state index in [1.807, 2.05) is 23.2 Å². The Bertz CT molecular complexity index is 1050. The summed E-state index contributed by atoms with van der Waals surface area (Å²) in [6.07, 6.45) is -3.21. The average molecular weight is 414 g/mol. The van der Waals surface area contributed by atoms with Gasteiger partial charge in [-0.1, -0.05) is 18.2 Å². The molecule has 30 heavy (non-hydrogen) atoms. The minimum absolute atomic E-state index is 0.541. The zero-order valence-electron chi connectivity index (χ0n) is 16.6. The van der Waals surface area contributed by atoms with Crippen LogP contribution in [0.2, 0.25) is 0 Å². The van der Waals surface area contributed by atoms with E-state index in [0.717, 1.165) is 54.2 Å². The van der Waals surface area contributed by atoms with Crippen molar-refractivity contribution in [3.63, 3.8) is 0 Å². The van der Waals surface area contributed by atoms with Gasteiger partial charge >= 0.3 is 6.18 Å². The number of likely N-dealkylation sites (tertiary alicyclic amines) is 1. The van der Waals surface area contributed by atoms with Crippen LogP contribution in [0.1, 0.15) is 24.5 Å². The Morgan fingerprint density at radius 3 is 2.23 bits per heavy atom. The highest BCUT2D eigenvalue weighted by Crippen LogP contribution is 2.46. The number of para-hydroxylation sites is 1. The van der Waals surface area contributed by atoms with Gasteiger partial charge in [-0.2, -0.15) is 13.2 Å². The molecule has 0 aliphatic carbocycles. The Morgan fingerprint density at radius 2 is 1.63 bits per heavy atom. The SMILES string of the molecule is COC1=C2C(C)=C(N3CCC3)c3ccccc3N2NN1c1ccc(C(F)(F)F)cc1. The third-order valence-corrected chi connectivity index (χ3v) is 5.76. The molecule has 0 radical (unpaired) electrons. The number of hydrazine groups is 2. The second-order valence-corrected chi connectivity index (χ2v) is 7.50. The van der Waals surface area contributed by atoms with Gasteiger partial charge in [-0.3, -0.25) is 5.01 Å². The summed E-state index contributed by atoms with van der Waals surface area (Å²) in [5, 5.41) is 3.61. The van der Waals surface area contributed by atoms with Crippen LogP contribution >= 0.6 is 0 Å². The van der Waals surface area contributed by atoms with E-state index in [-0.39, 0.29) is 0 Å². The number of fused-ring (bicyclic) bond motifs is 3. The van der Waals surface area contributed by atoms with Gasteiger partial charge in [0.05, 0.1) is 29.7 Å². The van der Waals surface area contributed by atoms with E-state index in [4.69, 9.17) is 4.74 Å². The molecule has 5 nitrogen and oxygen atoms in total. The average Bonchev–Trinajstić information content (AvgIpc) is 3.09. The van der Waals surface area contributed by atoms with Crippen LogP contribution in [0.4, 0.5) is 24.5 Å². The maximum atomic E-state index is 13.0. The molecule has 1 fully saturated rings. The van der Waals surface area contributed by atoms with E-state index in [1.54, 1.807) is 12.1 Å². The van der Waals surface area contributed by atoms with Gasteiger partial charge in [-0.15, -0.1) is 5.53 Å². The Labute approximate surface area is 172 Å². The molecule has 1 N–H and O–H groups in total. The van der Waals surface area contributed by atoms with E-state index >= 15 is 0 Å². The minimum Gasteiger partial charge on any atom is -0.480 e. The maximum absolute atomic E-state index is 13.0. The van der Waals surface area contributed by atoms with Crippen molar-refractivity contribution in [3.8, 4) is 0 Å². The van der Waals surface area contributed by atoms with Crippen molar-refractivity contribution in [3.05, 3.63) is 76.8 Å². The van der Waals surface area contributed by atoms with Crippen LogP contribution in [0.25, 0.3) is 5.70 Å². The van der Waals surface area contributed by atoms with Crippen molar-refractivity contribution in [1.82, 2.24) is 10.4 Å². The minimum atomic E-state index is -4.37. The first kappa shape index (κ1) is 18.9. The van der Waals surface area contributed by atoms with Crippen LogP contribution in [-0.2, 0) is 10.9 Å². The van der Waals surface area contributed by atoms with Gasteiger partial charge in [-0.25, -0.2) is 5.01 Å². The van der Waals surface area contributed by atoms with E-state index in [2.05, 4.69) is 23.4 Å². The summed E-state index contributed by atoms with van der Waals surface area (Å²) in [5.74, 6) is 0.541. The Balaban J connectivity index is 1.62. The number of benzene rings is 2. The van der Waals surface area contributed by atoms with Crippen molar-refractivity contribution in [2.45, 2.75) is 19.5 Å². The van der Waals surface area contributed by atoms with E-state index < -0.39 is 11.7 Å². The quantitative estimate of drug-likeness (QED) is 0.786. The third kappa shape index (κ3) is 2.74. The fourth-order valence-corrected chi connectivity index (χ4v) is 4.19. The van der Waals surface area contributed by atoms with Gasteiger partial charge in [-0.05, 0) is 43.7 Å². The van der Waals surface area contributed by atoms with Crippen molar-refractivity contribution in [2.24, 2.45) is 0 Å². The van der Waals surface area contributed by atoms with E-state index in [9.17, 15) is 13.2 Å². The first-order chi connectivity index (χ1) is 14.4. The topological polar surface area (TPSA) is 31.0 Å². The zero-order valence-corrected chi connectivity index (χ0v) is 16.6. The molecule has 2 aromatic carbocycles. The number of alkyl halides is 3. The second kappa shape index (κ2) is 6.70. The van der Waals surface area contributed by atoms with Crippen LogP contribution < -0.4 is 15.6 Å². The Morgan fingerprint density at radius 1 is 0.933 bits per heavy atom. The van der Waals surface area contributed by atoms with Crippen molar-refractivity contribution >= 4 is 17.1 Å². The zero-order chi connectivity index (χ0) is 21.0. The largest absolute Gasteiger partial charge is 0.480 e. The van der Waals surface area contributed by atoms with E-state index in [0.29, 0.717) is 11.6 Å². The standard InChI is InChI=1S/C22H21F3N4O/c1-14-19(27-12-5-13-27)17-6-3-4-7-18(17)29-20(14)21(30-2)28(26-29)16-10-8-15(9-11-16)22(23,24)25/h3-4,6-11,26H,5,12-13H2,1-2H3. The summed E-state index contributed by atoms with van der Waals surface area (Å²) in [4.78, 5) is 2.35. The lowest BCUT2D eigenvalue weighted by atomic mass is 9.95. The fraction of sp³-hybridized carbons (Fsp3) is 0.273. The molecule has 156 valence electrons. The first-order valence-corrected chi connectivity index (χ1v) is 9.78. The van der Waals surface area contributed by atoms with Crippen molar-refractivity contribution in [2.75, 3.05) is 30.2 Å². The number of hydrogen-bond donors (Lipinski definition) is 1. The molecule has 3 aliphatic rings. The van der Waals surface area contributed by atoms with Crippen LogP contribution in [0.5, 0.6) is 0 Å². The molecule has 3 heterocycles.